The fraction of sp³-hybridized carbons (Fsp3) is 0.148. The van der Waals surface area contributed by atoms with Crippen LogP contribution in [0.15, 0.2) is 83.1 Å². The molecule has 0 atom stereocenters. The third-order valence-electron chi connectivity index (χ3n) is 5.53. The van der Waals surface area contributed by atoms with E-state index in [4.69, 9.17) is 0 Å². The van der Waals surface area contributed by atoms with E-state index in [-0.39, 0.29) is 9.77 Å². The van der Waals surface area contributed by atoms with E-state index >= 15 is 0 Å². The van der Waals surface area contributed by atoms with Gasteiger partial charge >= 0.3 is 0 Å². The first kappa shape index (κ1) is 23.7. The van der Waals surface area contributed by atoms with Crippen molar-refractivity contribution in [3.8, 4) is 11.1 Å². The second kappa shape index (κ2) is 9.44. The van der Waals surface area contributed by atoms with Crippen LogP contribution < -0.4 is 9.62 Å². The highest BCUT2D eigenvalue weighted by molar-refractivity contribution is 7.93. The molecule has 5 nitrogen and oxygen atoms in total. The van der Waals surface area contributed by atoms with Crippen LogP contribution in [0, 0.1) is 20.8 Å². The monoisotopic (exact) mass is 490 g/mol. The van der Waals surface area contributed by atoms with Crippen LogP contribution in [0.2, 0.25) is 0 Å². The zero-order valence-electron chi connectivity index (χ0n) is 19.5. The Labute approximate surface area is 204 Å². The minimum atomic E-state index is -4.04. The second-order valence-corrected chi connectivity index (χ2v) is 11.1. The molecule has 0 saturated heterocycles. The second-order valence-electron chi connectivity index (χ2n) is 8.31. The molecule has 1 heterocycles. The van der Waals surface area contributed by atoms with Gasteiger partial charge in [-0.05, 0) is 61.7 Å². The maximum atomic E-state index is 13.9. The molecular formula is C27H26N2O3S2. The summed E-state index contributed by atoms with van der Waals surface area (Å²) in [6.45, 7) is 5.85. The Morgan fingerprint density at radius 2 is 1.47 bits per heavy atom. The molecule has 3 aromatic carbocycles. The molecule has 1 N–H and O–H groups in total. The van der Waals surface area contributed by atoms with E-state index in [9.17, 15) is 13.2 Å². The molecule has 4 aromatic rings. The van der Waals surface area contributed by atoms with E-state index in [2.05, 4.69) is 5.32 Å². The molecule has 0 aliphatic heterocycles. The van der Waals surface area contributed by atoms with Gasteiger partial charge in [0.25, 0.3) is 15.9 Å². The van der Waals surface area contributed by atoms with Crippen molar-refractivity contribution in [3.05, 3.63) is 99.7 Å². The van der Waals surface area contributed by atoms with Crippen molar-refractivity contribution in [2.45, 2.75) is 25.7 Å². The lowest BCUT2D eigenvalue weighted by molar-refractivity contribution is 0.102. The summed E-state index contributed by atoms with van der Waals surface area (Å²) in [4.78, 5) is 13.5. The van der Waals surface area contributed by atoms with Gasteiger partial charge in [0.1, 0.15) is 9.77 Å². The summed E-state index contributed by atoms with van der Waals surface area (Å²) in [6.07, 6.45) is 0. The number of anilines is 2. The number of amides is 1. The van der Waals surface area contributed by atoms with Gasteiger partial charge in [0, 0.05) is 23.7 Å². The predicted octanol–water partition coefficient (Wildman–Crippen LogP) is 6.42. The number of rotatable bonds is 6. The van der Waals surface area contributed by atoms with E-state index in [0.717, 1.165) is 33.6 Å². The van der Waals surface area contributed by atoms with Crippen molar-refractivity contribution in [1.82, 2.24) is 0 Å². The van der Waals surface area contributed by atoms with Gasteiger partial charge in [-0.3, -0.25) is 9.10 Å². The molecule has 0 bridgehead atoms. The molecule has 0 aliphatic rings. The van der Waals surface area contributed by atoms with Crippen LogP contribution in [0.4, 0.5) is 11.4 Å². The zero-order valence-corrected chi connectivity index (χ0v) is 21.1. The largest absolute Gasteiger partial charge is 0.321 e. The van der Waals surface area contributed by atoms with Crippen molar-refractivity contribution < 1.29 is 13.2 Å². The van der Waals surface area contributed by atoms with Crippen molar-refractivity contribution in [2.75, 3.05) is 16.7 Å². The summed E-state index contributed by atoms with van der Waals surface area (Å²) in [5.74, 6) is -0.451. The van der Waals surface area contributed by atoms with Crippen LogP contribution in [0.3, 0.4) is 0 Å². The number of carbonyl (C=O) groups is 1. The standard InChI is InChI=1S/C27H26N2O3S2/c1-18-10-12-23(13-11-18)29(4)34(31,32)26-24(21-8-6-5-7-9-21)17-33-25(26)27(30)28-22-15-19(2)14-20(3)16-22/h5-17H,1-4H3,(H,28,30). The van der Waals surface area contributed by atoms with Gasteiger partial charge in [-0.1, -0.05) is 54.1 Å². The Morgan fingerprint density at radius 1 is 0.853 bits per heavy atom. The van der Waals surface area contributed by atoms with Gasteiger partial charge in [0.05, 0.1) is 5.69 Å². The van der Waals surface area contributed by atoms with Gasteiger partial charge in [0.15, 0.2) is 0 Å². The van der Waals surface area contributed by atoms with E-state index in [1.165, 1.54) is 11.4 Å². The Hall–Kier alpha value is -3.42. The molecule has 4 rings (SSSR count). The molecule has 0 radical (unpaired) electrons. The summed E-state index contributed by atoms with van der Waals surface area (Å²) in [5.41, 5.74) is 5.46. The fourth-order valence-corrected chi connectivity index (χ4v) is 6.70. The first-order chi connectivity index (χ1) is 16.2. The minimum Gasteiger partial charge on any atom is -0.321 e. The average Bonchev–Trinajstić information content (AvgIpc) is 3.25. The molecule has 7 heteroatoms. The summed E-state index contributed by atoms with van der Waals surface area (Å²) in [5, 5.41) is 4.63. The van der Waals surface area contributed by atoms with Gasteiger partial charge in [0.2, 0.25) is 0 Å². The van der Waals surface area contributed by atoms with Crippen molar-refractivity contribution in [1.29, 1.82) is 0 Å². The topological polar surface area (TPSA) is 66.5 Å². The lowest BCUT2D eigenvalue weighted by Gasteiger charge is -2.21. The summed E-state index contributed by atoms with van der Waals surface area (Å²) in [7, 11) is -2.53. The molecular weight excluding hydrogens is 464 g/mol. The third kappa shape index (κ3) is 4.76. The number of nitrogens with one attached hydrogen (secondary N) is 1. The molecule has 0 fully saturated rings. The highest BCUT2D eigenvalue weighted by Crippen LogP contribution is 2.38. The highest BCUT2D eigenvalue weighted by atomic mass is 32.2. The smallest absolute Gasteiger partial charge is 0.267 e. The van der Waals surface area contributed by atoms with Crippen LogP contribution in [0.5, 0.6) is 0 Å². The minimum absolute atomic E-state index is 0.00801. The number of thiophene rings is 1. The Morgan fingerprint density at radius 3 is 2.09 bits per heavy atom. The van der Waals surface area contributed by atoms with Gasteiger partial charge in [-0.15, -0.1) is 11.3 Å². The number of hydrogen-bond donors (Lipinski definition) is 1. The van der Waals surface area contributed by atoms with Crippen LogP contribution in [-0.4, -0.2) is 21.4 Å². The summed E-state index contributed by atoms with van der Waals surface area (Å²) in [6, 6.07) is 22.3. The number of hydrogen-bond acceptors (Lipinski definition) is 4. The number of benzene rings is 3. The first-order valence-electron chi connectivity index (χ1n) is 10.8. The number of carbonyl (C=O) groups excluding carboxylic acids is 1. The first-order valence-corrected chi connectivity index (χ1v) is 13.1. The van der Waals surface area contributed by atoms with E-state index in [1.54, 1.807) is 17.5 Å². The zero-order chi connectivity index (χ0) is 24.5. The molecule has 1 amide bonds. The van der Waals surface area contributed by atoms with Crippen molar-refractivity contribution >= 4 is 38.6 Å². The van der Waals surface area contributed by atoms with Crippen molar-refractivity contribution in [2.24, 2.45) is 0 Å². The average molecular weight is 491 g/mol. The lowest BCUT2D eigenvalue weighted by Crippen LogP contribution is -2.28. The van der Waals surface area contributed by atoms with Gasteiger partial charge < -0.3 is 5.32 Å². The van der Waals surface area contributed by atoms with E-state index in [0.29, 0.717) is 16.9 Å². The molecule has 34 heavy (non-hydrogen) atoms. The maximum Gasteiger partial charge on any atom is 0.267 e. The quantitative estimate of drug-likeness (QED) is 0.339. The van der Waals surface area contributed by atoms with Crippen LogP contribution in [-0.2, 0) is 10.0 Å². The van der Waals surface area contributed by atoms with E-state index < -0.39 is 15.9 Å². The molecule has 0 unspecified atom stereocenters. The van der Waals surface area contributed by atoms with Gasteiger partial charge in [-0.25, -0.2) is 8.42 Å². The fourth-order valence-electron chi connectivity index (χ4n) is 3.84. The summed E-state index contributed by atoms with van der Waals surface area (Å²) >= 11 is 1.13. The lowest BCUT2D eigenvalue weighted by atomic mass is 10.1. The normalized spacial score (nSPS) is 11.3. The highest BCUT2D eigenvalue weighted by Gasteiger charge is 2.32. The van der Waals surface area contributed by atoms with Crippen LogP contribution in [0.1, 0.15) is 26.4 Å². The SMILES string of the molecule is Cc1ccc(N(C)S(=O)(=O)c2c(-c3ccccc3)csc2C(=O)Nc2cc(C)cc(C)c2)cc1. The van der Waals surface area contributed by atoms with E-state index in [1.807, 2.05) is 81.4 Å². The maximum absolute atomic E-state index is 13.9. The number of nitrogens with zero attached hydrogens (tertiary/aromatic N) is 1. The van der Waals surface area contributed by atoms with Crippen LogP contribution in [0.25, 0.3) is 11.1 Å². The molecule has 1 aromatic heterocycles. The molecule has 0 aliphatic carbocycles. The predicted molar refractivity (Wildman–Crippen MR) is 140 cm³/mol. The molecule has 0 spiro atoms. The number of sulfonamides is 1. The van der Waals surface area contributed by atoms with Gasteiger partial charge in [-0.2, -0.15) is 0 Å². The van der Waals surface area contributed by atoms with Crippen LogP contribution >= 0.6 is 11.3 Å². The summed E-state index contributed by atoms with van der Waals surface area (Å²) < 4.78 is 29.1. The molecule has 174 valence electrons. The molecule has 0 saturated carbocycles. The Balaban J connectivity index is 1.83. The number of aryl methyl sites for hydroxylation is 3. The third-order valence-corrected chi connectivity index (χ3v) is 8.51. The Bertz CT molecular complexity index is 1420. The van der Waals surface area contributed by atoms with Crippen molar-refractivity contribution in [3.63, 3.8) is 0 Å². The Kier molecular flexibility index (Phi) is 6.59.